The van der Waals surface area contributed by atoms with E-state index < -0.39 is 6.09 Å². The molecular formula is C6H11NO3. The Bertz CT molecular complexity index is 120. The summed E-state index contributed by atoms with van der Waals surface area (Å²) in [5, 5.41) is 8.07. The summed E-state index contributed by atoms with van der Waals surface area (Å²) in [5.41, 5.74) is 1.43. The molecule has 0 aromatic carbocycles. The van der Waals surface area contributed by atoms with Gasteiger partial charge in [-0.1, -0.05) is 0 Å². The Morgan fingerprint density at radius 3 is 2.60 bits per heavy atom. The van der Waals surface area contributed by atoms with E-state index in [4.69, 9.17) is 9.94 Å². The Hall–Kier alpha value is -0.770. The number of nitrogens with one attached hydrogen (secondary N) is 1. The zero-order chi connectivity index (χ0) is 7.40. The number of amides is 1. The third-order valence-corrected chi connectivity index (χ3v) is 1.67. The molecule has 58 valence electrons. The van der Waals surface area contributed by atoms with Gasteiger partial charge in [0.05, 0.1) is 0 Å². The van der Waals surface area contributed by atoms with Gasteiger partial charge in [-0.15, -0.1) is 0 Å². The Kier molecular flexibility index (Phi) is 2.50. The molecule has 0 bridgehead atoms. The predicted octanol–water partition coefficient (Wildman–Crippen LogP) is 1.04. The van der Waals surface area contributed by atoms with E-state index in [2.05, 4.69) is 0 Å². The van der Waals surface area contributed by atoms with E-state index in [0.29, 0.717) is 0 Å². The van der Waals surface area contributed by atoms with E-state index in [1.165, 1.54) is 5.48 Å². The summed E-state index contributed by atoms with van der Waals surface area (Å²) in [6.45, 7) is 0. The monoisotopic (exact) mass is 145 g/mol. The molecule has 0 atom stereocenters. The number of ether oxygens (including phenoxy) is 1. The van der Waals surface area contributed by atoms with Crippen molar-refractivity contribution in [2.45, 2.75) is 31.8 Å². The van der Waals surface area contributed by atoms with Crippen LogP contribution in [0.25, 0.3) is 0 Å². The van der Waals surface area contributed by atoms with Crippen LogP contribution in [0.3, 0.4) is 0 Å². The number of rotatable bonds is 1. The number of hydrogen-bond acceptors (Lipinski definition) is 3. The third-order valence-electron chi connectivity index (χ3n) is 1.67. The van der Waals surface area contributed by atoms with E-state index in [9.17, 15) is 4.79 Å². The first-order valence-electron chi connectivity index (χ1n) is 3.43. The molecule has 4 nitrogen and oxygen atoms in total. The SMILES string of the molecule is O=C(NO)OC1CCCC1. The summed E-state index contributed by atoms with van der Waals surface area (Å²) in [5.74, 6) is 0. The molecule has 0 heterocycles. The molecule has 1 amide bonds. The first-order valence-corrected chi connectivity index (χ1v) is 3.43. The molecule has 0 spiro atoms. The average Bonchev–Trinajstić information content (AvgIpc) is 2.40. The first kappa shape index (κ1) is 7.34. The maximum atomic E-state index is 10.4. The van der Waals surface area contributed by atoms with Gasteiger partial charge in [-0.3, -0.25) is 5.21 Å². The Morgan fingerprint density at radius 1 is 1.50 bits per heavy atom. The summed E-state index contributed by atoms with van der Waals surface area (Å²) >= 11 is 0. The van der Waals surface area contributed by atoms with Crippen molar-refractivity contribution in [3.63, 3.8) is 0 Å². The molecule has 10 heavy (non-hydrogen) atoms. The van der Waals surface area contributed by atoms with Gasteiger partial charge in [-0.05, 0) is 25.7 Å². The summed E-state index contributed by atoms with van der Waals surface area (Å²) in [6.07, 6.45) is 3.35. The highest BCUT2D eigenvalue weighted by molar-refractivity contribution is 5.65. The Morgan fingerprint density at radius 2 is 2.10 bits per heavy atom. The molecule has 0 aliphatic heterocycles. The third kappa shape index (κ3) is 1.88. The van der Waals surface area contributed by atoms with Crippen LogP contribution in [-0.2, 0) is 4.74 Å². The van der Waals surface area contributed by atoms with Crippen LogP contribution in [0.4, 0.5) is 4.79 Å². The summed E-state index contributed by atoms with van der Waals surface area (Å²) < 4.78 is 4.76. The van der Waals surface area contributed by atoms with E-state index in [1.54, 1.807) is 0 Å². The van der Waals surface area contributed by atoms with Crippen molar-refractivity contribution in [3.05, 3.63) is 0 Å². The van der Waals surface area contributed by atoms with Crippen molar-refractivity contribution in [2.75, 3.05) is 0 Å². The van der Waals surface area contributed by atoms with Crippen molar-refractivity contribution in [2.24, 2.45) is 0 Å². The smallest absolute Gasteiger partial charge is 0.431 e. The molecule has 2 N–H and O–H groups in total. The van der Waals surface area contributed by atoms with Crippen LogP contribution in [0, 0.1) is 0 Å². The molecule has 1 saturated carbocycles. The highest BCUT2D eigenvalue weighted by atomic mass is 16.6. The topological polar surface area (TPSA) is 58.6 Å². The first-order chi connectivity index (χ1) is 4.83. The van der Waals surface area contributed by atoms with Crippen molar-refractivity contribution < 1.29 is 14.7 Å². The minimum Gasteiger partial charge on any atom is -0.445 e. The van der Waals surface area contributed by atoms with Crippen LogP contribution >= 0.6 is 0 Å². The number of carbonyl (C=O) groups is 1. The summed E-state index contributed by atoms with van der Waals surface area (Å²) in [6, 6.07) is 0. The minimum absolute atomic E-state index is 0.0205. The predicted molar refractivity (Wildman–Crippen MR) is 33.7 cm³/mol. The average molecular weight is 145 g/mol. The quantitative estimate of drug-likeness (QED) is 0.428. The number of carbonyl (C=O) groups excluding carboxylic acids is 1. The van der Waals surface area contributed by atoms with E-state index in [0.717, 1.165) is 25.7 Å². The standard InChI is InChI=1S/C6H11NO3/c8-6(7-9)10-5-3-1-2-4-5/h5,9H,1-4H2,(H,7,8). The Labute approximate surface area is 59.1 Å². The molecule has 1 rings (SSSR count). The maximum absolute atomic E-state index is 10.4. The minimum atomic E-state index is -0.744. The lowest BCUT2D eigenvalue weighted by atomic mass is 10.3. The second-order valence-corrected chi connectivity index (χ2v) is 2.42. The van der Waals surface area contributed by atoms with Crippen LogP contribution in [-0.4, -0.2) is 17.4 Å². The molecule has 1 fully saturated rings. The molecule has 0 radical (unpaired) electrons. The van der Waals surface area contributed by atoms with Gasteiger partial charge in [0.25, 0.3) is 0 Å². The second kappa shape index (κ2) is 3.41. The highest BCUT2D eigenvalue weighted by Crippen LogP contribution is 2.20. The largest absolute Gasteiger partial charge is 0.445 e. The van der Waals surface area contributed by atoms with Crippen molar-refractivity contribution in [1.29, 1.82) is 0 Å². The summed E-state index contributed by atoms with van der Waals surface area (Å²) in [7, 11) is 0. The number of hydrogen-bond donors (Lipinski definition) is 2. The fraction of sp³-hybridized carbons (Fsp3) is 0.833. The lowest BCUT2D eigenvalue weighted by Gasteiger charge is -2.08. The molecule has 0 unspecified atom stereocenters. The van der Waals surface area contributed by atoms with E-state index in [1.807, 2.05) is 0 Å². The van der Waals surface area contributed by atoms with Crippen LogP contribution in [0.2, 0.25) is 0 Å². The fourth-order valence-corrected chi connectivity index (χ4v) is 1.18. The molecule has 4 heteroatoms. The fourth-order valence-electron chi connectivity index (χ4n) is 1.18. The van der Waals surface area contributed by atoms with Gasteiger partial charge >= 0.3 is 6.09 Å². The van der Waals surface area contributed by atoms with Gasteiger partial charge in [0.15, 0.2) is 0 Å². The van der Waals surface area contributed by atoms with Gasteiger partial charge in [-0.25, -0.2) is 10.3 Å². The normalized spacial score (nSPS) is 18.9. The maximum Gasteiger partial charge on any atom is 0.431 e. The van der Waals surface area contributed by atoms with Crippen LogP contribution in [0.1, 0.15) is 25.7 Å². The molecule has 1 aliphatic carbocycles. The molecular weight excluding hydrogens is 134 g/mol. The second-order valence-electron chi connectivity index (χ2n) is 2.42. The van der Waals surface area contributed by atoms with E-state index >= 15 is 0 Å². The Balaban J connectivity index is 2.17. The van der Waals surface area contributed by atoms with Gasteiger partial charge in [0.2, 0.25) is 0 Å². The van der Waals surface area contributed by atoms with Gasteiger partial charge in [0, 0.05) is 0 Å². The van der Waals surface area contributed by atoms with Crippen LogP contribution < -0.4 is 5.48 Å². The van der Waals surface area contributed by atoms with Crippen molar-refractivity contribution >= 4 is 6.09 Å². The van der Waals surface area contributed by atoms with Gasteiger partial charge in [0.1, 0.15) is 6.10 Å². The van der Waals surface area contributed by atoms with Crippen LogP contribution in [0.15, 0.2) is 0 Å². The number of hydroxylamine groups is 1. The molecule has 1 aliphatic rings. The lowest BCUT2D eigenvalue weighted by Crippen LogP contribution is -2.24. The summed E-state index contributed by atoms with van der Waals surface area (Å²) in [4.78, 5) is 10.4. The highest BCUT2D eigenvalue weighted by Gasteiger charge is 2.18. The van der Waals surface area contributed by atoms with Gasteiger partial charge < -0.3 is 4.74 Å². The van der Waals surface area contributed by atoms with E-state index in [-0.39, 0.29) is 6.10 Å². The van der Waals surface area contributed by atoms with Gasteiger partial charge in [-0.2, -0.15) is 0 Å². The zero-order valence-corrected chi connectivity index (χ0v) is 5.67. The van der Waals surface area contributed by atoms with Crippen molar-refractivity contribution in [3.8, 4) is 0 Å². The zero-order valence-electron chi connectivity index (χ0n) is 5.67. The van der Waals surface area contributed by atoms with Crippen LogP contribution in [0.5, 0.6) is 0 Å². The molecule has 0 saturated heterocycles. The van der Waals surface area contributed by atoms with Crippen molar-refractivity contribution in [1.82, 2.24) is 5.48 Å². The lowest BCUT2D eigenvalue weighted by molar-refractivity contribution is 0.0588. The molecule has 0 aromatic heterocycles. The molecule has 0 aromatic rings.